The Hall–Kier alpha value is -3.57. The molecule has 1 amide bonds. The van der Waals surface area contributed by atoms with Gasteiger partial charge in [-0.2, -0.15) is 5.10 Å². The average molecular weight is 492 g/mol. The van der Waals surface area contributed by atoms with Gasteiger partial charge >= 0.3 is 6.09 Å². The van der Waals surface area contributed by atoms with E-state index in [0.717, 1.165) is 45.2 Å². The summed E-state index contributed by atoms with van der Waals surface area (Å²) in [6.45, 7) is 9.23. The van der Waals surface area contributed by atoms with Gasteiger partial charge in [-0.25, -0.2) is 9.48 Å². The molecule has 1 aliphatic heterocycles. The van der Waals surface area contributed by atoms with Crippen LogP contribution in [0.4, 0.5) is 4.79 Å². The quantitative estimate of drug-likeness (QED) is 0.305. The highest BCUT2D eigenvalue weighted by molar-refractivity contribution is 6.76. The first-order chi connectivity index (χ1) is 16.8. The third-order valence-corrected chi connectivity index (χ3v) is 7.92. The summed E-state index contributed by atoms with van der Waals surface area (Å²) in [5.74, 6) is 0. The summed E-state index contributed by atoms with van der Waals surface area (Å²) >= 11 is 0. The van der Waals surface area contributed by atoms with Gasteiger partial charge in [0.1, 0.15) is 17.9 Å². The van der Waals surface area contributed by atoms with Crippen LogP contribution in [0.3, 0.4) is 0 Å². The van der Waals surface area contributed by atoms with E-state index in [0.29, 0.717) is 26.4 Å². The van der Waals surface area contributed by atoms with E-state index in [4.69, 9.17) is 9.84 Å². The zero-order valence-corrected chi connectivity index (χ0v) is 21.2. The minimum Gasteiger partial charge on any atom is -0.465 e. The molecule has 11 heteroatoms. The van der Waals surface area contributed by atoms with E-state index in [1.54, 1.807) is 17.1 Å². The van der Waals surface area contributed by atoms with Crippen LogP contribution in [0.5, 0.6) is 0 Å². The van der Waals surface area contributed by atoms with Crippen molar-refractivity contribution in [3.63, 3.8) is 0 Å². The summed E-state index contributed by atoms with van der Waals surface area (Å²) < 4.78 is 9.60. The molecule has 0 atom stereocenters. The fourth-order valence-corrected chi connectivity index (χ4v) is 5.00. The maximum absolute atomic E-state index is 11.7. The molecule has 10 nitrogen and oxygen atoms in total. The van der Waals surface area contributed by atoms with Crippen LogP contribution in [0.1, 0.15) is 5.69 Å². The number of ether oxygens (including phenoxy) is 1. The largest absolute Gasteiger partial charge is 0.465 e. The second-order valence-electron chi connectivity index (χ2n) is 9.97. The van der Waals surface area contributed by atoms with Gasteiger partial charge in [0.15, 0.2) is 0 Å². The van der Waals surface area contributed by atoms with E-state index in [1.165, 1.54) is 4.90 Å². The highest BCUT2D eigenvalue weighted by atomic mass is 28.3. The number of fused-ring (bicyclic) bond motifs is 2. The van der Waals surface area contributed by atoms with Gasteiger partial charge in [-0.15, -0.1) is 5.10 Å². The summed E-state index contributed by atoms with van der Waals surface area (Å²) in [4.78, 5) is 17.2. The molecule has 0 spiro atoms. The summed E-state index contributed by atoms with van der Waals surface area (Å²) in [6.07, 6.45) is 2.55. The van der Waals surface area contributed by atoms with Crippen molar-refractivity contribution in [2.24, 2.45) is 0 Å². The summed E-state index contributed by atoms with van der Waals surface area (Å²) in [5.41, 5.74) is 6.11. The molecule has 0 fully saturated rings. The predicted molar refractivity (Wildman–Crippen MR) is 135 cm³/mol. The SMILES string of the molecule is C[Si](C)(C)CCOCn1nnc2ccc(-c3nn4c(c3-c3ccncc3)CN(C(=O)O)CC4)cc21. The second-order valence-corrected chi connectivity index (χ2v) is 15.6. The molecule has 0 aliphatic carbocycles. The summed E-state index contributed by atoms with van der Waals surface area (Å²) in [7, 11) is -1.17. The number of nitrogens with zero attached hydrogens (tertiary/aromatic N) is 7. The fourth-order valence-electron chi connectivity index (χ4n) is 4.24. The monoisotopic (exact) mass is 491 g/mol. The Bertz CT molecular complexity index is 1360. The Kier molecular flexibility index (Phi) is 6.11. The Morgan fingerprint density at radius 1 is 1.11 bits per heavy atom. The molecule has 0 radical (unpaired) electrons. The van der Waals surface area contributed by atoms with E-state index in [2.05, 4.69) is 34.9 Å². The molecule has 182 valence electrons. The highest BCUT2D eigenvalue weighted by Gasteiger charge is 2.28. The van der Waals surface area contributed by atoms with Crippen LogP contribution in [0, 0.1) is 0 Å². The number of hydrogen-bond acceptors (Lipinski definition) is 6. The first kappa shape index (κ1) is 23.2. The minimum absolute atomic E-state index is 0.284. The van der Waals surface area contributed by atoms with Crippen molar-refractivity contribution in [1.29, 1.82) is 0 Å². The van der Waals surface area contributed by atoms with Crippen molar-refractivity contribution >= 4 is 25.2 Å². The zero-order chi connectivity index (χ0) is 24.6. The number of amides is 1. The van der Waals surface area contributed by atoms with Crippen molar-refractivity contribution in [3.05, 3.63) is 48.4 Å². The smallest absolute Gasteiger partial charge is 0.407 e. The van der Waals surface area contributed by atoms with Gasteiger partial charge in [0.25, 0.3) is 0 Å². The molecule has 0 saturated carbocycles. The number of aromatic nitrogens is 6. The zero-order valence-electron chi connectivity index (χ0n) is 20.2. The second kappa shape index (κ2) is 9.23. The van der Waals surface area contributed by atoms with Crippen LogP contribution < -0.4 is 0 Å². The highest BCUT2D eigenvalue weighted by Crippen LogP contribution is 2.37. The maximum atomic E-state index is 11.7. The first-order valence-corrected chi connectivity index (χ1v) is 15.4. The Labute approximate surface area is 204 Å². The third-order valence-electron chi connectivity index (χ3n) is 6.22. The fraction of sp³-hybridized carbons (Fsp3) is 0.375. The standard InChI is InChI=1S/C24H29N7O3Si/c1-35(2,3)13-12-34-16-31-20-14-18(4-5-19(20)26-28-31)23-22(17-6-8-25-9-7-17)21-15-29(24(32)33)10-11-30(21)27-23/h4-9,14H,10-13,15-16H2,1-3H3,(H,32,33). The van der Waals surface area contributed by atoms with Crippen LogP contribution in [0.15, 0.2) is 42.7 Å². The number of pyridine rings is 1. The molecule has 1 aliphatic rings. The van der Waals surface area contributed by atoms with Crippen molar-refractivity contribution in [2.45, 2.75) is 45.5 Å². The van der Waals surface area contributed by atoms with Gasteiger partial charge in [0, 0.05) is 44.7 Å². The topological polar surface area (TPSA) is 111 Å². The van der Waals surface area contributed by atoms with Gasteiger partial charge in [-0.3, -0.25) is 9.67 Å². The van der Waals surface area contributed by atoms with Crippen LogP contribution in [-0.2, 0) is 24.6 Å². The normalized spacial score (nSPS) is 13.9. The number of carbonyl (C=O) groups is 1. The molecular weight excluding hydrogens is 462 g/mol. The molecule has 0 bridgehead atoms. The van der Waals surface area contributed by atoms with Crippen molar-refractivity contribution in [3.8, 4) is 22.4 Å². The molecule has 0 saturated heterocycles. The van der Waals surface area contributed by atoms with E-state index in [1.807, 2.05) is 35.0 Å². The molecule has 5 rings (SSSR count). The molecule has 1 N–H and O–H groups in total. The lowest BCUT2D eigenvalue weighted by molar-refractivity contribution is 0.0803. The van der Waals surface area contributed by atoms with Crippen LogP contribution in [-0.4, -0.2) is 67.1 Å². The Morgan fingerprint density at radius 3 is 2.66 bits per heavy atom. The van der Waals surface area contributed by atoms with Crippen molar-refractivity contribution in [2.75, 3.05) is 13.2 Å². The van der Waals surface area contributed by atoms with E-state index in [-0.39, 0.29) is 6.54 Å². The van der Waals surface area contributed by atoms with Gasteiger partial charge in [-0.05, 0) is 35.9 Å². The third kappa shape index (κ3) is 4.82. The van der Waals surface area contributed by atoms with Gasteiger partial charge in [0.2, 0.25) is 0 Å². The lowest BCUT2D eigenvalue weighted by atomic mass is 9.98. The van der Waals surface area contributed by atoms with Crippen LogP contribution >= 0.6 is 0 Å². The lowest BCUT2D eigenvalue weighted by Gasteiger charge is -2.25. The number of carboxylic acid groups (broad SMARTS) is 1. The van der Waals surface area contributed by atoms with Crippen LogP contribution in [0.2, 0.25) is 25.7 Å². The number of benzene rings is 1. The van der Waals surface area contributed by atoms with Crippen LogP contribution in [0.25, 0.3) is 33.4 Å². The first-order valence-electron chi connectivity index (χ1n) is 11.7. The molecule has 1 aromatic carbocycles. The number of rotatable bonds is 7. The number of hydrogen-bond donors (Lipinski definition) is 1. The Balaban J connectivity index is 1.52. The van der Waals surface area contributed by atoms with E-state index in [9.17, 15) is 9.90 Å². The molecule has 3 aromatic heterocycles. The predicted octanol–water partition coefficient (Wildman–Crippen LogP) is 4.16. The van der Waals surface area contributed by atoms with Gasteiger partial charge < -0.3 is 14.7 Å². The average Bonchev–Trinajstić information content (AvgIpc) is 3.42. The molecule has 0 unspecified atom stereocenters. The van der Waals surface area contributed by atoms with E-state index < -0.39 is 14.2 Å². The molecule has 4 aromatic rings. The van der Waals surface area contributed by atoms with Gasteiger partial charge in [-0.1, -0.05) is 30.9 Å². The van der Waals surface area contributed by atoms with E-state index >= 15 is 0 Å². The molecule has 35 heavy (non-hydrogen) atoms. The lowest BCUT2D eigenvalue weighted by Crippen LogP contribution is -2.37. The molecular formula is C24H29N7O3Si. The maximum Gasteiger partial charge on any atom is 0.407 e. The van der Waals surface area contributed by atoms with Gasteiger partial charge in [0.05, 0.1) is 24.3 Å². The minimum atomic E-state index is -1.17. The molecule has 4 heterocycles. The summed E-state index contributed by atoms with van der Waals surface area (Å²) in [5, 5.41) is 23.1. The Morgan fingerprint density at radius 2 is 1.91 bits per heavy atom. The summed E-state index contributed by atoms with van der Waals surface area (Å²) in [6, 6.07) is 10.9. The van der Waals surface area contributed by atoms with Crippen molar-refractivity contribution < 1.29 is 14.6 Å². The van der Waals surface area contributed by atoms with Crippen molar-refractivity contribution in [1.82, 2.24) is 34.7 Å².